The molecule has 0 saturated heterocycles. The SMILES string of the molecule is OCCN(c1ccnc(CO)c1)C1CCCC1. The smallest absolute Gasteiger partial charge is 0.0853 e. The first-order valence-electron chi connectivity index (χ1n) is 6.28. The normalized spacial score (nSPS) is 16.4. The summed E-state index contributed by atoms with van der Waals surface area (Å²) < 4.78 is 0. The average molecular weight is 236 g/mol. The first-order chi connectivity index (χ1) is 8.35. The molecule has 1 aromatic heterocycles. The summed E-state index contributed by atoms with van der Waals surface area (Å²) in [6, 6.07) is 4.39. The fraction of sp³-hybridized carbons (Fsp3) is 0.615. The third kappa shape index (κ3) is 2.96. The summed E-state index contributed by atoms with van der Waals surface area (Å²) in [6.07, 6.45) is 6.64. The number of aromatic nitrogens is 1. The van der Waals surface area contributed by atoms with Crippen LogP contribution in [0.1, 0.15) is 31.4 Å². The molecule has 1 aliphatic carbocycles. The molecule has 1 aliphatic rings. The molecule has 2 N–H and O–H groups in total. The number of anilines is 1. The van der Waals surface area contributed by atoms with E-state index in [0.717, 1.165) is 5.69 Å². The molecule has 0 aromatic carbocycles. The second-order valence-corrected chi connectivity index (χ2v) is 4.52. The predicted molar refractivity (Wildman–Crippen MR) is 66.8 cm³/mol. The summed E-state index contributed by atoms with van der Waals surface area (Å²) >= 11 is 0. The van der Waals surface area contributed by atoms with Crippen LogP contribution in [0, 0.1) is 0 Å². The van der Waals surface area contributed by atoms with Crippen molar-refractivity contribution < 1.29 is 10.2 Å². The van der Waals surface area contributed by atoms with Gasteiger partial charge in [-0.15, -0.1) is 0 Å². The number of aliphatic hydroxyl groups excluding tert-OH is 2. The van der Waals surface area contributed by atoms with E-state index in [9.17, 15) is 5.11 Å². The minimum atomic E-state index is -0.0362. The van der Waals surface area contributed by atoms with E-state index in [0.29, 0.717) is 18.3 Å². The highest BCUT2D eigenvalue weighted by Crippen LogP contribution is 2.28. The monoisotopic (exact) mass is 236 g/mol. The molecule has 0 bridgehead atoms. The predicted octanol–water partition coefficient (Wildman–Crippen LogP) is 1.32. The van der Waals surface area contributed by atoms with Crippen LogP contribution in [-0.4, -0.2) is 34.4 Å². The second-order valence-electron chi connectivity index (χ2n) is 4.52. The standard InChI is InChI=1S/C13H20N2O2/c16-8-7-15(12-3-1-2-4-12)13-5-6-14-11(9-13)10-17/h5-6,9,12,16-17H,1-4,7-8,10H2. The number of nitrogens with zero attached hydrogens (tertiary/aromatic N) is 2. The van der Waals surface area contributed by atoms with E-state index < -0.39 is 0 Å². The van der Waals surface area contributed by atoms with Gasteiger partial charge in [-0.2, -0.15) is 0 Å². The van der Waals surface area contributed by atoms with Gasteiger partial charge < -0.3 is 15.1 Å². The fourth-order valence-corrected chi connectivity index (χ4v) is 2.58. The lowest BCUT2D eigenvalue weighted by Gasteiger charge is -2.30. The van der Waals surface area contributed by atoms with Crippen molar-refractivity contribution in [2.45, 2.75) is 38.3 Å². The maximum absolute atomic E-state index is 9.18. The summed E-state index contributed by atoms with van der Waals surface area (Å²) in [5.41, 5.74) is 1.74. The zero-order chi connectivity index (χ0) is 12.1. The topological polar surface area (TPSA) is 56.6 Å². The molecule has 4 nitrogen and oxygen atoms in total. The van der Waals surface area contributed by atoms with Gasteiger partial charge >= 0.3 is 0 Å². The zero-order valence-corrected chi connectivity index (χ0v) is 10.0. The van der Waals surface area contributed by atoms with Gasteiger partial charge in [0.25, 0.3) is 0 Å². The van der Waals surface area contributed by atoms with Crippen LogP contribution in [-0.2, 0) is 6.61 Å². The van der Waals surface area contributed by atoms with Gasteiger partial charge in [-0.3, -0.25) is 4.98 Å². The van der Waals surface area contributed by atoms with Gasteiger partial charge in [-0.1, -0.05) is 12.8 Å². The van der Waals surface area contributed by atoms with Crippen molar-refractivity contribution in [3.05, 3.63) is 24.0 Å². The van der Waals surface area contributed by atoms with Crippen LogP contribution in [0.15, 0.2) is 18.3 Å². The van der Waals surface area contributed by atoms with Crippen molar-refractivity contribution >= 4 is 5.69 Å². The highest BCUT2D eigenvalue weighted by Gasteiger charge is 2.22. The van der Waals surface area contributed by atoms with E-state index in [4.69, 9.17) is 5.11 Å². The van der Waals surface area contributed by atoms with Gasteiger partial charge in [0.2, 0.25) is 0 Å². The Kier molecular flexibility index (Phi) is 4.34. The van der Waals surface area contributed by atoms with Gasteiger partial charge in [-0.25, -0.2) is 0 Å². The van der Waals surface area contributed by atoms with Gasteiger partial charge in [-0.05, 0) is 25.0 Å². The molecule has 1 aromatic rings. The Morgan fingerprint density at radius 1 is 1.29 bits per heavy atom. The Hall–Kier alpha value is -1.13. The summed E-state index contributed by atoms with van der Waals surface area (Å²) in [6.45, 7) is 0.776. The first kappa shape index (κ1) is 12.3. The first-order valence-corrected chi connectivity index (χ1v) is 6.28. The molecular formula is C13H20N2O2. The van der Waals surface area contributed by atoms with Crippen LogP contribution >= 0.6 is 0 Å². The largest absolute Gasteiger partial charge is 0.395 e. The summed E-state index contributed by atoms with van der Waals surface area (Å²) in [5, 5.41) is 18.3. The van der Waals surface area contributed by atoms with E-state index in [1.807, 2.05) is 12.1 Å². The van der Waals surface area contributed by atoms with E-state index in [1.165, 1.54) is 25.7 Å². The summed E-state index contributed by atoms with van der Waals surface area (Å²) in [7, 11) is 0. The Morgan fingerprint density at radius 2 is 2.06 bits per heavy atom. The van der Waals surface area contributed by atoms with Gasteiger partial charge in [0, 0.05) is 24.5 Å². The van der Waals surface area contributed by atoms with Crippen LogP contribution < -0.4 is 4.90 Å². The minimum absolute atomic E-state index is 0.0362. The molecule has 1 heterocycles. The third-order valence-corrected chi connectivity index (χ3v) is 3.40. The van der Waals surface area contributed by atoms with Crippen molar-refractivity contribution in [1.29, 1.82) is 0 Å². The quantitative estimate of drug-likeness (QED) is 0.809. The third-order valence-electron chi connectivity index (χ3n) is 3.40. The zero-order valence-electron chi connectivity index (χ0n) is 10.0. The van der Waals surface area contributed by atoms with E-state index >= 15 is 0 Å². The van der Waals surface area contributed by atoms with Crippen LogP contribution in [0.4, 0.5) is 5.69 Å². The lowest BCUT2D eigenvalue weighted by molar-refractivity contribution is 0.276. The number of hydrogen-bond acceptors (Lipinski definition) is 4. The molecule has 1 saturated carbocycles. The van der Waals surface area contributed by atoms with Gasteiger partial charge in [0.1, 0.15) is 0 Å². The molecule has 0 atom stereocenters. The lowest BCUT2D eigenvalue weighted by Crippen LogP contribution is -2.35. The summed E-state index contributed by atoms with van der Waals surface area (Å²) in [5.74, 6) is 0. The van der Waals surface area contributed by atoms with Crippen LogP contribution in [0.2, 0.25) is 0 Å². The molecule has 17 heavy (non-hydrogen) atoms. The minimum Gasteiger partial charge on any atom is -0.395 e. The second kappa shape index (κ2) is 5.98. The van der Waals surface area contributed by atoms with E-state index in [1.54, 1.807) is 6.20 Å². The molecule has 0 amide bonds. The van der Waals surface area contributed by atoms with Gasteiger partial charge in [0.15, 0.2) is 0 Å². The molecule has 94 valence electrons. The van der Waals surface area contributed by atoms with Crippen molar-refractivity contribution in [2.75, 3.05) is 18.1 Å². The molecule has 0 spiro atoms. The summed E-state index contributed by atoms with van der Waals surface area (Å²) in [4.78, 5) is 6.33. The number of rotatable bonds is 5. The van der Waals surface area contributed by atoms with Crippen molar-refractivity contribution in [3.63, 3.8) is 0 Å². The average Bonchev–Trinajstić information content (AvgIpc) is 2.89. The molecule has 1 fully saturated rings. The molecule has 0 aliphatic heterocycles. The van der Waals surface area contributed by atoms with Crippen LogP contribution in [0.25, 0.3) is 0 Å². The Bertz CT molecular complexity index is 351. The van der Waals surface area contributed by atoms with Gasteiger partial charge in [0.05, 0.1) is 18.9 Å². The molecular weight excluding hydrogens is 216 g/mol. The highest BCUT2D eigenvalue weighted by atomic mass is 16.3. The Morgan fingerprint density at radius 3 is 2.71 bits per heavy atom. The van der Waals surface area contributed by atoms with E-state index in [-0.39, 0.29) is 13.2 Å². The van der Waals surface area contributed by atoms with Crippen molar-refractivity contribution in [2.24, 2.45) is 0 Å². The Labute approximate surface area is 102 Å². The molecule has 0 unspecified atom stereocenters. The number of hydrogen-bond donors (Lipinski definition) is 2. The van der Waals surface area contributed by atoms with Crippen molar-refractivity contribution in [1.82, 2.24) is 4.98 Å². The molecule has 2 rings (SSSR count). The van der Waals surface area contributed by atoms with Crippen LogP contribution in [0.5, 0.6) is 0 Å². The lowest BCUT2D eigenvalue weighted by atomic mass is 10.2. The number of aliphatic hydroxyl groups is 2. The highest BCUT2D eigenvalue weighted by molar-refractivity contribution is 5.47. The maximum Gasteiger partial charge on any atom is 0.0853 e. The molecule has 0 radical (unpaired) electrons. The Balaban J connectivity index is 2.18. The molecule has 4 heteroatoms. The van der Waals surface area contributed by atoms with Crippen molar-refractivity contribution in [3.8, 4) is 0 Å². The maximum atomic E-state index is 9.18. The fourth-order valence-electron chi connectivity index (χ4n) is 2.58. The van der Waals surface area contributed by atoms with Crippen LogP contribution in [0.3, 0.4) is 0 Å². The van der Waals surface area contributed by atoms with E-state index in [2.05, 4.69) is 9.88 Å². The number of pyridine rings is 1.